The molecule has 0 bridgehead atoms. The molecule has 10 nitrogen and oxygen atoms in total. The van der Waals surface area contributed by atoms with Crippen LogP contribution in [0, 0.1) is 0 Å². The van der Waals surface area contributed by atoms with E-state index < -0.39 is 21.5 Å². The van der Waals surface area contributed by atoms with Gasteiger partial charge >= 0.3 is 0 Å². The van der Waals surface area contributed by atoms with Crippen LogP contribution in [0.1, 0.15) is 43.7 Å². The molecule has 1 saturated heterocycles. The van der Waals surface area contributed by atoms with Crippen molar-refractivity contribution in [2.45, 2.75) is 55.7 Å². The van der Waals surface area contributed by atoms with E-state index in [1.807, 2.05) is 13.8 Å². The number of carbonyl (C=O) groups is 1. The van der Waals surface area contributed by atoms with Crippen LogP contribution >= 0.6 is 0 Å². The van der Waals surface area contributed by atoms with E-state index in [-0.39, 0.29) is 22.9 Å². The number of rotatable bonds is 8. The lowest BCUT2D eigenvalue weighted by Gasteiger charge is -2.41. The molecular weight excluding hydrogens is 424 g/mol. The Balaban J connectivity index is 1.85. The molecule has 31 heavy (non-hydrogen) atoms. The average Bonchev–Trinajstić information content (AvgIpc) is 3.26. The van der Waals surface area contributed by atoms with Crippen LogP contribution in [-0.4, -0.2) is 68.3 Å². The molecule has 1 aliphatic heterocycles. The number of nitrogens with zero attached hydrogens (tertiary/aromatic N) is 3. The van der Waals surface area contributed by atoms with Crippen molar-refractivity contribution in [3.05, 3.63) is 24.3 Å². The summed E-state index contributed by atoms with van der Waals surface area (Å²) in [6.45, 7) is 5.19. The Hall–Kier alpha value is -2.21. The largest absolute Gasteiger partial charge is 0.542 e. The molecule has 0 unspecified atom stereocenters. The molecule has 0 radical (unpaired) electrons. The van der Waals surface area contributed by atoms with Gasteiger partial charge in [0.25, 0.3) is 0 Å². The van der Waals surface area contributed by atoms with Gasteiger partial charge in [-0.05, 0) is 32.3 Å². The molecule has 3 heterocycles. The van der Waals surface area contributed by atoms with Crippen LogP contribution in [0.3, 0.4) is 0 Å². The van der Waals surface area contributed by atoms with Crippen molar-refractivity contribution in [2.75, 3.05) is 31.8 Å². The van der Waals surface area contributed by atoms with E-state index in [1.54, 1.807) is 13.2 Å². The summed E-state index contributed by atoms with van der Waals surface area (Å²) in [7, 11) is -2.28. The Kier molecular flexibility index (Phi) is 5.71. The van der Waals surface area contributed by atoms with Crippen molar-refractivity contribution in [2.24, 2.45) is 0 Å². The topological polar surface area (TPSA) is 125 Å². The Labute approximate surface area is 181 Å². The number of imidazole rings is 1. The van der Waals surface area contributed by atoms with E-state index in [1.165, 1.54) is 16.8 Å². The average molecular weight is 452 g/mol. The zero-order valence-electron chi connectivity index (χ0n) is 17.8. The second-order valence-electron chi connectivity index (χ2n) is 8.48. The molecule has 2 fully saturated rings. The molecule has 2 aromatic heterocycles. The lowest BCUT2D eigenvalue weighted by atomic mass is 10.1. The smallest absolute Gasteiger partial charge is 0.242 e. The molecule has 2 atom stereocenters. The van der Waals surface area contributed by atoms with Crippen molar-refractivity contribution >= 4 is 27.2 Å². The Morgan fingerprint density at radius 3 is 2.81 bits per heavy atom. The summed E-state index contributed by atoms with van der Waals surface area (Å²) in [4.78, 5) is 17.6. The number of hydrogen-bond acceptors (Lipinski definition) is 8. The molecule has 0 spiro atoms. The molecule has 2 aromatic rings. The second-order valence-corrected chi connectivity index (χ2v) is 10.2. The van der Waals surface area contributed by atoms with Gasteiger partial charge in [-0.3, -0.25) is 4.40 Å². The van der Waals surface area contributed by atoms with Crippen molar-refractivity contribution in [3.63, 3.8) is 0 Å². The van der Waals surface area contributed by atoms with Gasteiger partial charge in [0, 0.05) is 25.4 Å². The molecule has 1 N–H and O–H groups in total. The monoisotopic (exact) mass is 451 g/mol. The van der Waals surface area contributed by atoms with Crippen molar-refractivity contribution in [3.8, 4) is 0 Å². The summed E-state index contributed by atoms with van der Waals surface area (Å²) in [5.41, 5.74) is 0.613. The Morgan fingerprint density at radius 1 is 1.45 bits per heavy atom. The maximum Gasteiger partial charge on any atom is 0.242 e. The molecule has 2 aliphatic rings. The van der Waals surface area contributed by atoms with Crippen LogP contribution in [0.15, 0.2) is 23.4 Å². The fourth-order valence-electron chi connectivity index (χ4n) is 3.93. The minimum absolute atomic E-state index is 0.00919. The van der Waals surface area contributed by atoms with Gasteiger partial charge in [-0.25, -0.2) is 18.1 Å². The zero-order chi connectivity index (χ0) is 22.4. The zero-order valence-corrected chi connectivity index (χ0v) is 18.6. The van der Waals surface area contributed by atoms with Crippen LogP contribution in [-0.2, 0) is 19.5 Å². The normalized spacial score (nSPS) is 23.3. The van der Waals surface area contributed by atoms with E-state index >= 15 is 0 Å². The van der Waals surface area contributed by atoms with E-state index in [0.29, 0.717) is 31.0 Å². The van der Waals surface area contributed by atoms with Gasteiger partial charge in [-0.2, -0.15) is 0 Å². The molecule has 4 rings (SSSR count). The van der Waals surface area contributed by atoms with Crippen LogP contribution < -0.4 is 14.7 Å². The second kappa shape index (κ2) is 8.05. The number of pyridine rings is 1. The van der Waals surface area contributed by atoms with Crippen molar-refractivity contribution in [1.29, 1.82) is 0 Å². The Morgan fingerprint density at radius 2 is 2.19 bits per heavy atom. The SMILES string of the molecule is CC[C@H]1CO[C@@H](COC)CN1c1cc(S(=O)(=O)NC2(C)CC2)cn2c(C(=O)[O-])ncc12. The van der Waals surface area contributed by atoms with Crippen LogP contribution in [0.2, 0.25) is 0 Å². The number of hydrogen-bond donors (Lipinski definition) is 1. The standard InChI is InChI=1S/C20H28N4O6S/c1-4-13-11-30-14(12-29-3)9-23(13)16-7-15(31(27,28)22-20(2)5-6-20)10-24-17(16)8-21-18(24)19(25)26/h7-8,10,13-14,22H,4-6,9,11-12H2,1-3H3,(H,25,26)/p-1/t13-,14+/m0/s1. The lowest BCUT2D eigenvalue weighted by Crippen LogP contribution is -2.51. The molecule has 1 saturated carbocycles. The highest BCUT2D eigenvalue weighted by atomic mass is 32.2. The highest BCUT2D eigenvalue weighted by Crippen LogP contribution is 2.37. The number of sulfonamides is 1. The van der Waals surface area contributed by atoms with Gasteiger partial charge in [-0.15, -0.1) is 0 Å². The van der Waals surface area contributed by atoms with Crippen LogP contribution in [0.25, 0.3) is 5.52 Å². The number of anilines is 1. The molecule has 1 aliphatic carbocycles. The first-order chi connectivity index (χ1) is 14.7. The number of aromatic nitrogens is 2. The van der Waals surface area contributed by atoms with Gasteiger partial charge in [-0.1, -0.05) is 6.92 Å². The van der Waals surface area contributed by atoms with Gasteiger partial charge < -0.3 is 24.3 Å². The predicted octanol–water partition coefficient (Wildman–Crippen LogP) is 0.159. The third kappa shape index (κ3) is 4.27. The number of ether oxygens (including phenoxy) is 2. The van der Waals surface area contributed by atoms with Gasteiger partial charge in [0.1, 0.15) is 10.9 Å². The predicted molar refractivity (Wildman–Crippen MR) is 111 cm³/mol. The summed E-state index contributed by atoms with van der Waals surface area (Å²) >= 11 is 0. The van der Waals surface area contributed by atoms with Crippen molar-refractivity contribution < 1.29 is 27.8 Å². The number of nitrogens with one attached hydrogen (secondary N) is 1. The van der Waals surface area contributed by atoms with Crippen LogP contribution in [0.4, 0.5) is 5.69 Å². The van der Waals surface area contributed by atoms with Crippen molar-refractivity contribution in [1.82, 2.24) is 14.1 Å². The highest BCUT2D eigenvalue weighted by Gasteiger charge is 2.41. The van der Waals surface area contributed by atoms with E-state index in [2.05, 4.69) is 14.6 Å². The summed E-state index contributed by atoms with van der Waals surface area (Å²) in [5.74, 6) is -1.82. The molecule has 11 heteroatoms. The number of carbonyl (C=O) groups excluding carboxylic acids is 1. The lowest BCUT2D eigenvalue weighted by molar-refractivity contribution is -0.256. The number of methoxy groups -OCH3 is 1. The number of morpholine rings is 1. The minimum atomic E-state index is -3.87. The first kappa shape index (κ1) is 22.0. The highest BCUT2D eigenvalue weighted by molar-refractivity contribution is 7.89. The first-order valence-electron chi connectivity index (χ1n) is 10.3. The summed E-state index contributed by atoms with van der Waals surface area (Å²) in [6.07, 6.45) is 4.81. The first-order valence-corrected chi connectivity index (χ1v) is 11.8. The van der Waals surface area contributed by atoms with E-state index in [9.17, 15) is 18.3 Å². The van der Waals surface area contributed by atoms with Gasteiger partial charge in [0.2, 0.25) is 10.0 Å². The molecular formula is C20H27N4O6S-. The molecule has 0 amide bonds. The summed E-state index contributed by atoms with van der Waals surface area (Å²) in [6, 6.07) is 1.58. The third-order valence-corrected chi connectivity index (χ3v) is 7.57. The van der Waals surface area contributed by atoms with E-state index in [4.69, 9.17) is 9.47 Å². The molecule has 0 aromatic carbocycles. The third-order valence-electron chi connectivity index (χ3n) is 5.97. The van der Waals surface area contributed by atoms with E-state index in [0.717, 1.165) is 19.3 Å². The fraction of sp³-hybridized carbons (Fsp3) is 0.600. The molecule has 170 valence electrons. The summed E-state index contributed by atoms with van der Waals surface area (Å²) in [5, 5.41) is 11.6. The maximum absolute atomic E-state index is 13.1. The number of aromatic carboxylic acids is 1. The fourth-order valence-corrected chi connectivity index (χ4v) is 5.42. The summed E-state index contributed by atoms with van der Waals surface area (Å²) < 4.78 is 41.4. The van der Waals surface area contributed by atoms with Gasteiger partial charge in [0.15, 0.2) is 5.82 Å². The Bertz CT molecular complexity index is 1090. The number of carboxylic acids is 1. The number of carboxylic acid groups (broad SMARTS) is 1. The van der Waals surface area contributed by atoms with Gasteiger partial charge in [0.05, 0.1) is 42.8 Å². The quantitative estimate of drug-likeness (QED) is 0.602. The van der Waals surface area contributed by atoms with Crippen LogP contribution in [0.5, 0.6) is 0 Å². The minimum Gasteiger partial charge on any atom is -0.542 e. The number of fused-ring (bicyclic) bond motifs is 1. The maximum atomic E-state index is 13.1.